The predicted molar refractivity (Wildman–Crippen MR) is 128 cm³/mol. The van der Waals surface area contributed by atoms with E-state index >= 15 is 0 Å². The van der Waals surface area contributed by atoms with Crippen LogP contribution in [-0.4, -0.2) is 42.2 Å². The maximum atomic E-state index is 13.6. The number of anilines is 1. The maximum absolute atomic E-state index is 13.6. The molecule has 0 aliphatic rings. The van der Waals surface area contributed by atoms with Crippen LogP contribution < -0.4 is 9.64 Å². The summed E-state index contributed by atoms with van der Waals surface area (Å²) in [6.07, 6.45) is 0.830. The Kier molecular flexibility index (Phi) is 7.57. The molecule has 0 fully saturated rings. The van der Waals surface area contributed by atoms with Crippen molar-refractivity contribution in [3.05, 3.63) is 65.7 Å². The predicted octanol–water partition coefficient (Wildman–Crippen LogP) is 5.64. The first kappa shape index (κ1) is 23.4. The number of ether oxygens (including phenoxy) is 1. The van der Waals surface area contributed by atoms with Gasteiger partial charge in [-0.05, 0) is 45.4 Å². The molecule has 1 amide bonds. The number of amides is 1. The molecule has 0 aliphatic heterocycles. The lowest BCUT2D eigenvalue weighted by Crippen LogP contribution is -2.38. The second-order valence-corrected chi connectivity index (χ2v) is 8.31. The Morgan fingerprint density at radius 2 is 1.81 bits per heavy atom. The van der Waals surface area contributed by atoms with Gasteiger partial charge in [-0.25, -0.2) is 0 Å². The molecule has 6 heteroatoms. The van der Waals surface area contributed by atoms with Crippen LogP contribution in [0.15, 0.2) is 59.1 Å². The van der Waals surface area contributed by atoms with Gasteiger partial charge in [0.05, 0.1) is 19.2 Å². The summed E-state index contributed by atoms with van der Waals surface area (Å²) in [6, 6.07) is 17.5. The fourth-order valence-corrected chi connectivity index (χ4v) is 3.52. The first-order valence-electron chi connectivity index (χ1n) is 11.1. The zero-order valence-corrected chi connectivity index (χ0v) is 19.8. The summed E-state index contributed by atoms with van der Waals surface area (Å²) in [7, 11) is 3.59. The van der Waals surface area contributed by atoms with E-state index < -0.39 is 0 Å². The number of benzene rings is 2. The van der Waals surface area contributed by atoms with E-state index in [4.69, 9.17) is 9.26 Å². The van der Waals surface area contributed by atoms with Crippen molar-refractivity contribution in [1.82, 2.24) is 10.1 Å². The van der Waals surface area contributed by atoms with E-state index in [-0.39, 0.29) is 18.0 Å². The van der Waals surface area contributed by atoms with Crippen LogP contribution in [-0.2, 0) is 6.54 Å². The minimum absolute atomic E-state index is 0.0319. The van der Waals surface area contributed by atoms with E-state index in [0.29, 0.717) is 23.7 Å². The van der Waals surface area contributed by atoms with Crippen molar-refractivity contribution in [2.24, 2.45) is 0 Å². The third-order valence-electron chi connectivity index (χ3n) is 5.94. The molecule has 1 aromatic heterocycles. The van der Waals surface area contributed by atoms with Crippen LogP contribution in [0.5, 0.6) is 5.75 Å². The fraction of sp³-hybridized carbons (Fsp3) is 0.385. The van der Waals surface area contributed by atoms with Crippen molar-refractivity contribution < 1.29 is 14.1 Å². The van der Waals surface area contributed by atoms with Crippen LogP contribution in [0.25, 0.3) is 11.3 Å². The summed E-state index contributed by atoms with van der Waals surface area (Å²) < 4.78 is 11.2. The lowest BCUT2D eigenvalue weighted by molar-refractivity contribution is 0.0671. The summed E-state index contributed by atoms with van der Waals surface area (Å²) in [4.78, 5) is 17.6. The molecule has 0 bridgehead atoms. The average molecular weight is 436 g/mol. The van der Waals surface area contributed by atoms with Gasteiger partial charge in [-0.1, -0.05) is 48.5 Å². The quantitative estimate of drug-likeness (QED) is 0.436. The smallest absolute Gasteiger partial charge is 0.254 e. The highest BCUT2D eigenvalue weighted by Crippen LogP contribution is 2.34. The van der Waals surface area contributed by atoms with Crippen molar-refractivity contribution in [2.45, 2.75) is 52.7 Å². The lowest BCUT2D eigenvalue weighted by Gasteiger charge is -2.30. The Morgan fingerprint density at radius 1 is 1.09 bits per heavy atom. The van der Waals surface area contributed by atoms with E-state index in [1.54, 1.807) is 13.2 Å². The van der Waals surface area contributed by atoms with Crippen molar-refractivity contribution in [1.29, 1.82) is 0 Å². The number of methoxy groups -OCH3 is 1. The molecule has 3 aromatic rings. The SMILES string of the molecule is CCC(C)N(Cc1c(-c2ccccc2)noc1N(C)C(C)C)C(=O)c1cccc(OC)c1. The zero-order valence-electron chi connectivity index (χ0n) is 19.8. The number of aromatic nitrogens is 1. The molecule has 0 saturated carbocycles. The molecular weight excluding hydrogens is 402 g/mol. The summed E-state index contributed by atoms with van der Waals surface area (Å²) in [5.41, 5.74) is 3.23. The van der Waals surface area contributed by atoms with Gasteiger partial charge in [-0.3, -0.25) is 4.79 Å². The molecule has 1 atom stereocenters. The molecule has 3 rings (SSSR count). The zero-order chi connectivity index (χ0) is 23.3. The van der Waals surface area contributed by atoms with Crippen LogP contribution in [0.4, 0.5) is 5.88 Å². The number of carbonyl (C=O) groups excluding carboxylic acids is 1. The number of carbonyl (C=O) groups is 1. The van der Waals surface area contributed by atoms with E-state index in [9.17, 15) is 4.79 Å². The Hall–Kier alpha value is -3.28. The molecule has 0 spiro atoms. The largest absolute Gasteiger partial charge is 0.497 e. The highest BCUT2D eigenvalue weighted by Gasteiger charge is 2.28. The molecule has 0 radical (unpaired) electrons. The molecule has 6 nitrogen and oxygen atoms in total. The molecule has 2 aromatic carbocycles. The molecule has 32 heavy (non-hydrogen) atoms. The molecule has 0 N–H and O–H groups in total. The monoisotopic (exact) mass is 435 g/mol. The minimum Gasteiger partial charge on any atom is -0.497 e. The van der Waals surface area contributed by atoms with Crippen LogP contribution in [0.2, 0.25) is 0 Å². The molecule has 1 heterocycles. The Balaban J connectivity index is 2.07. The highest BCUT2D eigenvalue weighted by molar-refractivity contribution is 5.95. The Bertz CT molecular complexity index is 1030. The number of rotatable bonds is 9. The van der Waals surface area contributed by atoms with Crippen LogP contribution in [0.3, 0.4) is 0 Å². The average Bonchev–Trinajstić information content (AvgIpc) is 3.25. The third kappa shape index (κ3) is 4.96. The first-order chi connectivity index (χ1) is 15.4. The maximum Gasteiger partial charge on any atom is 0.254 e. The van der Waals surface area contributed by atoms with Crippen LogP contribution in [0.1, 0.15) is 50.0 Å². The van der Waals surface area contributed by atoms with Gasteiger partial charge < -0.3 is 19.1 Å². The van der Waals surface area contributed by atoms with Crippen LogP contribution in [0, 0.1) is 0 Å². The van der Waals surface area contributed by atoms with E-state index in [1.165, 1.54) is 0 Å². The van der Waals surface area contributed by atoms with Gasteiger partial charge >= 0.3 is 0 Å². The summed E-state index contributed by atoms with van der Waals surface area (Å²) in [6.45, 7) is 8.75. The van der Waals surface area contributed by atoms with E-state index in [0.717, 1.165) is 23.2 Å². The Labute approximate surface area is 190 Å². The molecule has 1 unspecified atom stereocenters. The van der Waals surface area contributed by atoms with Crippen molar-refractivity contribution in [2.75, 3.05) is 19.1 Å². The summed E-state index contributed by atoms with van der Waals surface area (Å²) in [5, 5.41) is 4.41. The van der Waals surface area contributed by atoms with Gasteiger partial charge in [0.1, 0.15) is 11.4 Å². The fourth-order valence-electron chi connectivity index (χ4n) is 3.52. The van der Waals surface area contributed by atoms with Gasteiger partial charge in [-0.15, -0.1) is 0 Å². The first-order valence-corrected chi connectivity index (χ1v) is 11.1. The summed E-state index contributed by atoms with van der Waals surface area (Å²) >= 11 is 0. The standard InChI is InChI=1S/C26H33N3O3/c1-7-19(4)29(25(30)21-14-11-15-22(16-21)31-6)17-23-24(20-12-9-8-10-13-20)27-32-26(23)28(5)18(2)3/h8-16,18-19H,7,17H2,1-6H3. The number of hydrogen-bond donors (Lipinski definition) is 0. The van der Waals surface area contributed by atoms with Gasteiger partial charge in [0, 0.05) is 30.3 Å². The topological polar surface area (TPSA) is 58.8 Å². The minimum atomic E-state index is -0.0448. The third-order valence-corrected chi connectivity index (χ3v) is 5.94. The van der Waals surface area contributed by atoms with Gasteiger partial charge in [0.2, 0.25) is 5.88 Å². The highest BCUT2D eigenvalue weighted by atomic mass is 16.5. The van der Waals surface area contributed by atoms with Gasteiger partial charge in [0.25, 0.3) is 5.91 Å². The lowest BCUT2D eigenvalue weighted by atomic mass is 10.0. The van der Waals surface area contributed by atoms with Crippen molar-refractivity contribution in [3.8, 4) is 17.0 Å². The normalized spacial score (nSPS) is 12.0. The molecule has 0 aliphatic carbocycles. The Morgan fingerprint density at radius 3 is 2.44 bits per heavy atom. The second-order valence-electron chi connectivity index (χ2n) is 8.31. The van der Waals surface area contributed by atoms with E-state index in [1.807, 2.05) is 60.5 Å². The molecular formula is C26H33N3O3. The van der Waals surface area contributed by atoms with E-state index in [2.05, 4.69) is 37.8 Å². The van der Waals surface area contributed by atoms with Gasteiger partial charge in [0.15, 0.2) is 0 Å². The van der Waals surface area contributed by atoms with Gasteiger partial charge in [-0.2, -0.15) is 0 Å². The molecule has 170 valence electrons. The number of nitrogens with zero attached hydrogens (tertiary/aromatic N) is 3. The number of hydrogen-bond acceptors (Lipinski definition) is 5. The molecule has 0 saturated heterocycles. The summed E-state index contributed by atoms with van der Waals surface area (Å²) in [5.74, 6) is 1.30. The van der Waals surface area contributed by atoms with Crippen LogP contribution >= 0.6 is 0 Å². The second kappa shape index (κ2) is 10.4. The van der Waals surface area contributed by atoms with Crippen molar-refractivity contribution in [3.63, 3.8) is 0 Å². The van der Waals surface area contributed by atoms with Crippen molar-refractivity contribution >= 4 is 11.8 Å².